The summed E-state index contributed by atoms with van der Waals surface area (Å²) in [6, 6.07) is 6.46. The van der Waals surface area contributed by atoms with Gasteiger partial charge in [-0.2, -0.15) is 0 Å². The van der Waals surface area contributed by atoms with Crippen LogP contribution in [0.5, 0.6) is 0 Å². The third-order valence-electron chi connectivity index (χ3n) is 2.42. The maximum Gasteiger partial charge on any atom is 0.250 e. The van der Waals surface area contributed by atoms with Crippen LogP contribution in [0.4, 0.5) is 5.69 Å². The zero-order chi connectivity index (χ0) is 16.1. The van der Waals surface area contributed by atoms with E-state index in [1.54, 1.807) is 12.1 Å². The molecule has 1 heterocycles. The molecule has 0 spiro atoms. The van der Waals surface area contributed by atoms with Crippen LogP contribution in [-0.2, 0) is 4.79 Å². The van der Waals surface area contributed by atoms with Gasteiger partial charge < -0.3 is 9.73 Å². The number of hydrogen-bond donors (Lipinski definition) is 2. The zero-order valence-corrected chi connectivity index (χ0v) is 14.0. The van der Waals surface area contributed by atoms with Crippen molar-refractivity contribution in [1.82, 2.24) is 5.32 Å². The Morgan fingerprint density at radius 2 is 1.91 bits per heavy atom. The number of rotatable bonds is 3. The smallest absolute Gasteiger partial charge is 0.250 e. The number of hydrogen-bond acceptors (Lipinski definition) is 3. The first-order valence-corrected chi connectivity index (χ1v) is 7.48. The predicted molar refractivity (Wildman–Crippen MR) is 93.6 cm³/mol. The fourth-order valence-corrected chi connectivity index (χ4v) is 2.62. The summed E-state index contributed by atoms with van der Waals surface area (Å²) in [5.74, 6) is 0.132. The van der Waals surface area contributed by atoms with Crippen molar-refractivity contribution in [1.29, 1.82) is 0 Å². The van der Waals surface area contributed by atoms with Crippen LogP contribution < -0.4 is 10.6 Å². The number of furan rings is 1. The number of carbonyl (C=O) groups excluding carboxylic acids is 1. The topological polar surface area (TPSA) is 54.3 Å². The third kappa shape index (κ3) is 4.74. The SMILES string of the molecule is O=C(/C=C\c1ccco1)NC(=S)Nc1c(Cl)cc(Cl)cc1Cl. The Morgan fingerprint density at radius 3 is 2.50 bits per heavy atom. The highest BCUT2D eigenvalue weighted by atomic mass is 35.5. The standard InChI is InChI=1S/C14H9Cl3N2O2S/c15-8-6-10(16)13(11(17)7-8)19-14(22)18-12(20)4-3-9-2-1-5-21-9/h1-7H,(H2,18,19,20,22)/b4-3-. The van der Waals surface area contributed by atoms with E-state index in [9.17, 15) is 4.79 Å². The quantitative estimate of drug-likeness (QED) is 0.599. The molecular formula is C14H9Cl3N2O2S. The van der Waals surface area contributed by atoms with Crippen molar-refractivity contribution < 1.29 is 9.21 Å². The van der Waals surface area contributed by atoms with Crippen molar-refractivity contribution in [3.8, 4) is 0 Å². The molecule has 0 aliphatic rings. The number of carbonyl (C=O) groups is 1. The molecule has 2 N–H and O–H groups in total. The van der Waals surface area contributed by atoms with Gasteiger partial charge in [-0.05, 0) is 42.6 Å². The van der Waals surface area contributed by atoms with Crippen LogP contribution in [0.15, 0.2) is 41.0 Å². The van der Waals surface area contributed by atoms with E-state index in [1.165, 1.54) is 30.5 Å². The van der Waals surface area contributed by atoms with Gasteiger partial charge in [0.25, 0.3) is 0 Å². The van der Waals surface area contributed by atoms with E-state index in [0.29, 0.717) is 26.5 Å². The molecule has 0 saturated carbocycles. The summed E-state index contributed by atoms with van der Waals surface area (Å²) in [5, 5.41) is 6.25. The summed E-state index contributed by atoms with van der Waals surface area (Å²) in [4.78, 5) is 11.7. The van der Waals surface area contributed by atoms with E-state index >= 15 is 0 Å². The minimum Gasteiger partial charge on any atom is -0.465 e. The van der Waals surface area contributed by atoms with E-state index < -0.39 is 5.91 Å². The Labute approximate surface area is 147 Å². The van der Waals surface area contributed by atoms with Crippen LogP contribution in [0, 0.1) is 0 Å². The number of thiocarbonyl (C=S) groups is 1. The highest BCUT2D eigenvalue weighted by Crippen LogP contribution is 2.33. The van der Waals surface area contributed by atoms with Gasteiger partial charge in [0, 0.05) is 11.1 Å². The molecule has 4 nitrogen and oxygen atoms in total. The second-order valence-electron chi connectivity index (χ2n) is 4.04. The first-order chi connectivity index (χ1) is 10.5. The third-order valence-corrected chi connectivity index (χ3v) is 3.44. The van der Waals surface area contributed by atoms with E-state index in [1.807, 2.05) is 0 Å². The van der Waals surface area contributed by atoms with E-state index in [0.717, 1.165) is 0 Å². The molecule has 1 aromatic heterocycles. The molecule has 1 amide bonds. The van der Waals surface area contributed by atoms with Gasteiger partial charge in [0.15, 0.2) is 5.11 Å². The first-order valence-electron chi connectivity index (χ1n) is 5.94. The maximum absolute atomic E-state index is 11.7. The highest BCUT2D eigenvalue weighted by molar-refractivity contribution is 7.80. The average Bonchev–Trinajstić information content (AvgIpc) is 2.94. The molecule has 0 radical (unpaired) electrons. The van der Waals surface area contributed by atoms with E-state index in [-0.39, 0.29) is 5.11 Å². The Morgan fingerprint density at radius 1 is 1.23 bits per heavy atom. The predicted octanol–water partition coefficient (Wildman–Crippen LogP) is 4.77. The summed E-state index contributed by atoms with van der Waals surface area (Å²) in [6.45, 7) is 0. The van der Waals surface area contributed by atoms with Crippen molar-refractivity contribution in [2.24, 2.45) is 0 Å². The molecule has 0 atom stereocenters. The molecule has 0 aliphatic carbocycles. The molecular weight excluding hydrogens is 367 g/mol. The Hall–Kier alpha value is -1.53. The van der Waals surface area contributed by atoms with Gasteiger partial charge in [-0.3, -0.25) is 10.1 Å². The fraction of sp³-hybridized carbons (Fsp3) is 0. The summed E-state index contributed by atoms with van der Waals surface area (Å²) in [6.07, 6.45) is 4.31. The van der Waals surface area contributed by atoms with Crippen molar-refractivity contribution >= 4 is 69.8 Å². The summed E-state index contributed by atoms with van der Waals surface area (Å²) in [7, 11) is 0. The first kappa shape index (κ1) is 16.8. The monoisotopic (exact) mass is 374 g/mol. The van der Waals surface area contributed by atoms with Crippen LogP contribution in [0.3, 0.4) is 0 Å². The molecule has 0 saturated heterocycles. The molecule has 2 aromatic rings. The Kier molecular flexibility index (Phi) is 5.85. The largest absolute Gasteiger partial charge is 0.465 e. The number of halogens is 3. The van der Waals surface area contributed by atoms with Crippen LogP contribution in [0.1, 0.15) is 5.76 Å². The molecule has 0 bridgehead atoms. The average molecular weight is 376 g/mol. The molecule has 22 heavy (non-hydrogen) atoms. The van der Waals surface area contributed by atoms with Gasteiger partial charge in [-0.15, -0.1) is 0 Å². The zero-order valence-electron chi connectivity index (χ0n) is 10.9. The van der Waals surface area contributed by atoms with Crippen LogP contribution >= 0.6 is 47.0 Å². The van der Waals surface area contributed by atoms with Crippen molar-refractivity contribution in [3.63, 3.8) is 0 Å². The van der Waals surface area contributed by atoms with E-state index in [2.05, 4.69) is 10.6 Å². The summed E-state index contributed by atoms with van der Waals surface area (Å²) >= 11 is 22.9. The molecule has 0 fully saturated rings. The van der Waals surface area contributed by atoms with Crippen molar-refractivity contribution in [2.75, 3.05) is 5.32 Å². The van der Waals surface area contributed by atoms with Gasteiger partial charge in [-0.25, -0.2) is 0 Å². The number of benzene rings is 1. The van der Waals surface area contributed by atoms with Gasteiger partial charge >= 0.3 is 0 Å². The molecule has 0 aliphatic heterocycles. The lowest BCUT2D eigenvalue weighted by atomic mass is 10.3. The van der Waals surface area contributed by atoms with Gasteiger partial charge in [0.05, 0.1) is 22.0 Å². The Balaban J connectivity index is 1.97. The lowest BCUT2D eigenvalue weighted by molar-refractivity contribution is -0.115. The number of nitrogens with one attached hydrogen (secondary N) is 2. The van der Waals surface area contributed by atoms with Gasteiger partial charge in [-0.1, -0.05) is 34.8 Å². The second-order valence-corrected chi connectivity index (χ2v) is 5.70. The second kappa shape index (κ2) is 7.65. The molecule has 0 unspecified atom stereocenters. The molecule has 8 heteroatoms. The summed E-state index contributed by atoms with van der Waals surface area (Å²) in [5.41, 5.74) is 0.369. The number of anilines is 1. The van der Waals surface area contributed by atoms with Crippen LogP contribution in [0.2, 0.25) is 15.1 Å². The van der Waals surface area contributed by atoms with Crippen molar-refractivity contribution in [2.45, 2.75) is 0 Å². The molecule has 2 rings (SSSR count). The lowest BCUT2D eigenvalue weighted by Crippen LogP contribution is -2.33. The highest BCUT2D eigenvalue weighted by Gasteiger charge is 2.10. The summed E-state index contributed by atoms with van der Waals surface area (Å²) < 4.78 is 5.06. The van der Waals surface area contributed by atoms with Gasteiger partial charge in [0.1, 0.15) is 5.76 Å². The Bertz CT molecular complexity index is 707. The maximum atomic E-state index is 11.7. The van der Waals surface area contributed by atoms with Gasteiger partial charge in [0.2, 0.25) is 5.91 Å². The van der Waals surface area contributed by atoms with E-state index in [4.69, 9.17) is 51.4 Å². The number of amides is 1. The van der Waals surface area contributed by atoms with Crippen molar-refractivity contribution in [3.05, 3.63) is 57.4 Å². The molecule has 1 aromatic carbocycles. The minimum absolute atomic E-state index is 0.0558. The normalized spacial score (nSPS) is 10.7. The lowest BCUT2D eigenvalue weighted by Gasteiger charge is -2.11. The van der Waals surface area contributed by atoms with Crippen LogP contribution in [-0.4, -0.2) is 11.0 Å². The minimum atomic E-state index is -0.421. The molecule has 114 valence electrons. The fourth-order valence-electron chi connectivity index (χ4n) is 1.50. The van der Waals surface area contributed by atoms with Crippen LogP contribution in [0.25, 0.3) is 6.08 Å².